The molecule has 0 heterocycles. The van der Waals surface area contributed by atoms with Gasteiger partial charge in [0.2, 0.25) is 5.91 Å². The molecule has 2 aromatic rings. The molecule has 0 atom stereocenters. The van der Waals surface area contributed by atoms with Crippen LogP contribution in [-0.4, -0.2) is 22.8 Å². The van der Waals surface area contributed by atoms with E-state index in [1.165, 1.54) is 12.1 Å². The average molecular weight is 311 g/mol. The zero-order chi connectivity index (χ0) is 16.7. The Morgan fingerprint density at radius 2 is 1.48 bits per heavy atom. The van der Waals surface area contributed by atoms with Crippen LogP contribution in [0.15, 0.2) is 54.6 Å². The number of carboxylic acids is 1. The second-order valence-corrected chi connectivity index (χ2v) is 5.07. The zero-order valence-electron chi connectivity index (χ0n) is 12.5. The highest BCUT2D eigenvalue weighted by atomic mass is 16.4. The highest BCUT2D eigenvalue weighted by Gasteiger charge is 2.09. The zero-order valence-corrected chi connectivity index (χ0v) is 12.5. The van der Waals surface area contributed by atoms with Crippen molar-refractivity contribution in [2.24, 2.45) is 0 Å². The van der Waals surface area contributed by atoms with Crippen LogP contribution >= 0.6 is 0 Å². The van der Waals surface area contributed by atoms with Crippen LogP contribution in [0.25, 0.3) is 0 Å². The van der Waals surface area contributed by atoms with Gasteiger partial charge in [-0.15, -0.1) is 0 Å². The minimum atomic E-state index is -0.986. The van der Waals surface area contributed by atoms with Crippen molar-refractivity contribution < 1.29 is 19.5 Å². The molecule has 5 nitrogen and oxygen atoms in total. The summed E-state index contributed by atoms with van der Waals surface area (Å²) in [5, 5.41) is 11.5. The Hall–Kier alpha value is -2.95. The highest BCUT2D eigenvalue weighted by molar-refractivity contribution is 5.97. The number of carboxylic acid groups (broad SMARTS) is 1. The fraction of sp³-hybridized carbons (Fsp3) is 0.167. The fourth-order valence-corrected chi connectivity index (χ4v) is 2.05. The van der Waals surface area contributed by atoms with Crippen molar-refractivity contribution in [1.29, 1.82) is 0 Å². The summed E-state index contributed by atoms with van der Waals surface area (Å²) >= 11 is 0. The third-order valence-corrected chi connectivity index (χ3v) is 3.37. The number of nitrogens with one attached hydrogen (secondary N) is 1. The molecule has 0 saturated carbocycles. The number of carbonyl (C=O) groups excluding carboxylic acids is 2. The maximum Gasteiger partial charge on any atom is 0.335 e. The quantitative estimate of drug-likeness (QED) is 0.770. The fourth-order valence-electron chi connectivity index (χ4n) is 2.05. The van der Waals surface area contributed by atoms with Crippen LogP contribution in [0.1, 0.15) is 39.1 Å². The van der Waals surface area contributed by atoms with Crippen molar-refractivity contribution in [1.82, 2.24) is 5.32 Å². The Morgan fingerprint density at radius 3 is 2.09 bits per heavy atom. The monoisotopic (exact) mass is 311 g/mol. The standard InChI is InChI=1S/C18H17NO4/c20-16(14-4-2-1-3-5-14)10-11-17(21)19-12-13-6-8-15(9-7-13)18(22)23/h1-9H,10-12H2,(H,19,21)(H,22,23). The van der Waals surface area contributed by atoms with Crippen LogP contribution in [-0.2, 0) is 11.3 Å². The second-order valence-electron chi connectivity index (χ2n) is 5.07. The first-order chi connectivity index (χ1) is 11.1. The van der Waals surface area contributed by atoms with Gasteiger partial charge in [0.15, 0.2) is 5.78 Å². The second kappa shape index (κ2) is 7.89. The number of benzene rings is 2. The predicted molar refractivity (Wildman–Crippen MR) is 85.3 cm³/mol. The molecular formula is C18H17NO4. The molecule has 0 aliphatic carbocycles. The molecule has 2 N–H and O–H groups in total. The molecular weight excluding hydrogens is 294 g/mol. The van der Waals surface area contributed by atoms with E-state index in [0.29, 0.717) is 12.1 Å². The summed E-state index contributed by atoms with van der Waals surface area (Å²) in [7, 11) is 0. The van der Waals surface area contributed by atoms with Gasteiger partial charge in [-0.25, -0.2) is 4.79 Å². The molecule has 0 aliphatic heterocycles. The summed E-state index contributed by atoms with van der Waals surface area (Å²) in [6.07, 6.45) is 0.286. The summed E-state index contributed by atoms with van der Waals surface area (Å²) < 4.78 is 0. The maximum atomic E-state index is 11.9. The lowest BCUT2D eigenvalue weighted by atomic mass is 10.1. The van der Waals surface area contributed by atoms with Gasteiger partial charge < -0.3 is 10.4 Å². The van der Waals surface area contributed by atoms with Gasteiger partial charge in [0.25, 0.3) is 0 Å². The van der Waals surface area contributed by atoms with Gasteiger partial charge in [-0.1, -0.05) is 42.5 Å². The van der Waals surface area contributed by atoms with E-state index in [2.05, 4.69) is 5.32 Å². The molecule has 0 aliphatic rings. The molecule has 0 spiro atoms. The summed E-state index contributed by atoms with van der Waals surface area (Å²) in [5.74, 6) is -1.26. The maximum absolute atomic E-state index is 11.9. The number of hydrogen-bond acceptors (Lipinski definition) is 3. The van der Waals surface area contributed by atoms with Crippen molar-refractivity contribution in [3.05, 3.63) is 71.3 Å². The number of rotatable bonds is 7. The number of hydrogen-bond donors (Lipinski definition) is 2. The van der Waals surface area contributed by atoms with Crippen LogP contribution in [0.2, 0.25) is 0 Å². The largest absolute Gasteiger partial charge is 0.478 e. The minimum absolute atomic E-state index is 0.0634. The normalized spacial score (nSPS) is 10.1. The van der Waals surface area contributed by atoms with Crippen molar-refractivity contribution >= 4 is 17.7 Å². The van der Waals surface area contributed by atoms with Crippen LogP contribution in [0.5, 0.6) is 0 Å². The molecule has 1 amide bonds. The van der Waals surface area contributed by atoms with Gasteiger partial charge >= 0.3 is 5.97 Å². The minimum Gasteiger partial charge on any atom is -0.478 e. The first kappa shape index (κ1) is 16.4. The van der Waals surface area contributed by atoms with Crippen LogP contribution in [0.3, 0.4) is 0 Å². The van der Waals surface area contributed by atoms with Crippen LogP contribution in [0.4, 0.5) is 0 Å². The van der Waals surface area contributed by atoms with Crippen LogP contribution < -0.4 is 5.32 Å². The van der Waals surface area contributed by atoms with E-state index in [1.807, 2.05) is 6.07 Å². The average Bonchev–Trinajstić information content (AvgIpc) is 2.59. The van der Waals surface area contributed by atoms with Crippen molar-refractivity contribution in [2.45, 2.75) is 19.4 Å². The van der Waals surface area contributed by atoms with E-state index in [0.717, 1.165) is 5.56 Å². The molecule has 2 rings (SSSR count). The molecule has 5 heteroatoms. The van der Waals surface area contributed by atoms with Crippen LogP contribution in [0, 0.1) is 0 Å². The summed E-state index contributed by atoms with van der Waals surface area (Å²) in [6, 6.07) is 15.1. The van der Waals surface area contributed by atoms with E-state index in [1.54, 1.807) is 36.4 Å². The van der Waals surface area contributed by atoms with E-state index >= 15 is 0 Å². The van der Waals surface area contributed by atoms with E-state index in [-0.39, 0.29) is 30.1 Å². The Kier molecular flexibility index (Phi) is 5.63. The Bertz CT molecular complexity index is 693. The van der Waals surface area contributed by atoms with E-state index in [9.17, 15) is 14.4 Å². The predicted octanol–water partition coefficient (Wildman–Crippen LogP) is 2.66. The van der Waals surface area contributed by atoms with E-state index in [4.69, 9.17) is 5.11 Å². The highest BCUT2D eigenvalue weighted by Crippen LogP contribution is 2.06. The Balaban J connectivity index is 1.77. The summed E-state index contributed by atoms with van der Waals surface area (Å²) in [5.41, 5.74) is 1.61. The third-order valence-electron chi connectivity index (χ3n) is 3.37. The summed E-state index contributed by atoms with van der Waals surface area (Å²) in [4.78, 5) is 34.4. The lowest BCUT2D eigenvalue weighted by Crippen LogP contribution is -2.23. The third kappa shape index (κ3) is 5.07. The molecule has 2 aromatic carbocycles. The molecule has 0 unspecified atom stereocenters. The lowest BCUT2D eigenvalue weighted by molar-refractivity contribution is -0.121. The molecule has 0 radical (unpaired) electrons. The molecule has 0 fully saturated rings. The molecule has 0 bridgehead atoms. The van der Waals surface area contributed by atoms with Gasteiger partial charge in [0.1, 0.15) is 0 Å². The summed E-state index contributed by atoms with van der Waals surface area (Å²) in [6.45, 7) is 0.304. The molecule has 118 valence electrons. The van der Waals surface area contributed by atoms with Gasteiger partial charge in [-0.2, -0.15) is 0 Å². The molecule has 23 heavy (non-hydrogen) atoms. The Morgan fingerprint density at radius 1 is 0.826 bits per heavy atom. The Labute approximate surface area is 134 Å². The number of amides is 1. The van der Waals surface area contributed by atoms with Gasteiger partial charge in [0, 0.05) is 24.9 Å². The van der Waals surface area contributed by atoms with Crippen molar-refractivity contribution in [3.8, 4) is 0 Å². The van der Waals surface area contributed by atoms with Crippen molar-refractivity contribution in [2.75, 3.05) is 0 Å². The van der Waals surface area contributed by atoms with Gasteiger partial charge in [-0.05, 0) is 17.7 Å². The number of ketones is 1. The van der Waals surface area contributed by atoms with Gasteiger partial charge in [0.05, 0.1) is 5.56 Å². The number of carbonyl (C=O) groups is 3. The number of aromatic carboxylic acids is 1. The first-order valence-corrected chi connectivity index (χ1v) is 7.23. The lowest BCUT2D eigenvalue weighted by Gasteiger charge is -2.06. The number of Topliss-reactive ketones (excluding diaryl/α,β-unsaturated/α-hetero) is 1. The van der Waals surface area contributed by atoms with Gasteiger partial charge in [-0.3, -0.25) is 9.59 Å². The molecule has 0 saturated heterocycles. The van der Waals surface area contributed by atoms with E-state index < -0.39 is 5.97 Å². The molecule has 0 aromatic heterocycles. The smallest absolute Gasteiger partial charge is 0.335 e. The topological polar surface area (TPSA) is 83.5 Å². The SMILES string of the molecule is O=C(CCC(=O)c1ccccc1)NCc1ccc(C(=O)O)cc1. The first-order valence-electron chi connectivity index (χ1n) is 7.23. The van der Waals surface area contributed by atoms with Crippen molar-refractivity contribution in [3.63, 3.8) is 0 Å².